The molecule has 0 bridgehead atoms. The molecule has 2 unspecified atom stereocenters. The van der Waals surface area contributed by atoms with E-state index in [4.69, 9.17) is 4.74 Å². The first-order valence-corrected chi connectivity index (χ1v) is 24.6. The molecule has 338 valence electrons. The van der Waals surface area contributed by atoms with Crippen molar-refractivity contribution >= 4 is 41.5 Å². The Morgan fingerprint density at radius 2 is 0.750 bits per heavy atom. The number of ether oxygens (including phenoxy) is 1. The van der Waals surface area contributed by atoms with Crippen LogP contribution in [0.15, 0.2) is 231 Å². The fourth-order valence-corrected chi connectivity index (χ4v) is 12.5. The highest BCUT2D eigenvalue weighted by Gasteiger charge is 2.41. The Morgan fingerprint density at radius 1 is 0.441 bits per heavy atom. The number of alkyl carbamates (subject to hydrolysis) is 1. The lowest BCUT2D eigenvalue weighted by Crippen LogP contribution is -2.54. The molecular formula is C59H50N2O5S2. The smallest absolute Gasteiger partial charge is 0.407 e. The number of carboxylic acids is 1. The van der Waals surface area contributed by atoms with Crippen LogP contribution in [0.4, 0.5) is 4.79 Å². The number of hydrogen-bond acceptors (Lipinski definition) is 6. The fraction of sp³-hybridized carbons (Fsp3) is 0.136. The largest absolute Gasteiger partial charge is 0.480 e. The monoisotopic (exact) mass is 930 g/mol. The number of carboxylic acid groups (broad SMARTS) is 1. The van der Waals surface area contributed by atoms with Crippen molar-refractivity contribution in [3.8, 4) is 11.1 Å². The van der Waals surface area contributed by atoms with E-state index >= 15 is 0 Å². The number of benzene rings is 8. The molecule has 9 rings (SSSR count). The fourth-order valence-electron chi connectivity index (χ4n) is 9.37. The molecule has 0 heterocycles. The van der Waals surface area contributed by atoms with Crippen molar-refractivity contribution in [1.29, 1.82) is 0 Å². The highest BCUT2D eigenvalue weighted by Crippen LogP contribution is 2.50. The first-order valence-electron chi connectivity index (χ1n) is 22.6. The predicted octanol–water partition coefficient (Wildman–Crippen LogP) is 11.9. The highest BCUT2D eigenvalue weighted by atomic mass is 32.2. The molecule has 1 aliphatic carbocycles. The molecule has 0 spiro atoms. The predicted molar refractivity (Wildman–Crippen MR) is 275 cm³/mol. The quantitative estimate of drug-likeness (QED) is 0.0736. The van der Waals surface area contributed by atoms with Gasteiger partial charge in [-0.3, -0.25) is 4.79 Å². The zero-order valence-electron chi connectivity index (χ0n) is 37.2. The average Bonchev–Trinajstić information content (AvgIpc) is 3.72. The van der Waals surface area contributed by atoms with Gasteiger partial charge in [-0.25, -0.2) is 9.59 Å². The van der Waals surface area contributed by atoms with E-state index in [0.717, 1.165) is 55.6 Å². The van der Waals surface area contributed by atoms with Crippen LogP contribution in [0.3, 0.4) is 0 Å². The third kappa shape index (κ3) is 9.45. The standard InChI is InChI=1S/C59H50N2O5S2/c62-55(60-54(56(63)64)41-68-59(45-29-13-4-14-30-45,46-31-15-5-16-32-46)47-33-17-6-18-34-47)53(61-57(65)66-39-52-50-37-21-19-35-48(50)49-36-20-22-38-51(49)52)40-67-58(42-23-7-1-8-24-42,43-25-9-2-10-26-43)44-27-11-3-12-28-44/h1-38,52-54H,39-41H2,(H,60,62)(H,61,65)(H,63,64). The van der Waals surface area contributed by atoms with Crippen molar-refractivity contribution in [3.05, 3.63) is 275 Å². The molecule has 7 nitrogen and oxygen atoms in total. The third-order valence-corrected chi connectivity index (χ3v) is 15.9. The van der Waals surface area contributed by atoms with Crippen molar-refractivity contribution in [2.24, 2.45) is 0 Å². The first kappa shape index (κ1) is 45.8. The molecule has 1 aliphatic rings. The summed E-state index contributed by atoms with van der Waals surface area (Å²) in [5.41, 5.74) is 10.1. The molecule has 0 aliphatic heterocycles. The van der Waals surface area contributed by atoms with Gasteiger partial charge >= 0.3 is 12.1 Å². The number of aliphatic carboxylic acids is 1. The van der Waals surface area contributed by atoms with Crippen molar-refractivity contribution < 1.29 is 24.2 Å². The SMILES string of the molecule is O=C(NC(CSC(c1ccccc1)(c1ccccc1)c1ccccc1)C(=O)NC(CSC(c1ccccc1)(c1ccccc1)c1ccccc1)C(=O)O)OCC1c2ccccc2-c2ccccc21. The maximum Gasteiger partial charge on any atom is 0.407 e. The number of hydrogen-bond donors (Lipinski definition) is 3. The Labute approximate surface area is 406 Å². The summed E-state index contributed by atoms with van der Waals surface area (Å²) in [7, 11) is 0. The van der Waals surface area contributed by atoms with Crippen LogP contribution in [-0.2, 0) is 23.8 Å². The van der Waals surface area contributed by atoms with E-state index in [1.165, 1.54) is 23.5 Å². The van der Waals surface area contributed by atoms with E-state index in [9.17, 15) is 19.5 Å². The lowest BCUT2D eigenvalue weighted by molar-refractivity contribution is -0.141. The lowest BCUT2D eigenvalue weighted by Gasteiger charge is -2.37. The third-order valence-electron chi connectivity index (χ3n) is 12.6. The summed E-state index contributed by atoms with van der Waals surface area (Å²) in [5, 5.41) is 16.7. The minimum Gasteiger partial charge on any atom is -0.480 e. The molecule has 0 saturated heterocycles. The van der Waals surface area contributed by atoms with Crippen LogP contribution >= 0.6 is 23.5 Å². The van der Waals surface area contributed by atoms with E-state index < -0.39 is 39.5 Å². The molecule has 2 amide bonds. The van der Waals surface area contributed by atoms with Crippen LogP contribution in [0.2, 0.25) is 0 Å². The molecule has 68 heavy (non-hydrogen) atoms. The van der Waals surface area contributed by atoms with Gasteiger partial charge < -0.3 is 20.5 Å². The number of fused-ring (bicyclic) bond motifs is 3. The molecule has 0 radical (unpaired) electrons. The van der Waals surface area contributed by atoms with E-state index in [2.05, 4.69) is 71.3 Å². The molecule has 9 heteroatoms. The van der Waals surface area contributed by atoms with E-state index in [1.807, 2.05) is 170 Å². The normalized spacial score (nSPS) is 13.1. The van der Waals surface area contributed by atoms with Gasteiger partial charge in [0.25, 0.3) is 0 Å². The zero-order valence-corrected chi connectivity index (χ0v) is 38.8. The maximum absolute atomic E-state index is 15.0. The first-order chi connectivity index (χ1) is 33.4. The summed E-state index contributed by atoms with van der Waals surface area (Å²) in [6.07, 6.45) is -0.783. The summed E-state index contributed by atoms with van der Waals surface area (Å²) in [6, 6.07) is 73.9. The Morgan fingerprint density at radius 3 is 1.09 bits per heavy atom. The van der Waals surface area contributed by atoms with Crippen LogP contribution < -0.4 is 10.6 Å². The molecule has 0 saturated carbocycles. The van der Waals surface area contributed by atoms with Crippen molar-refractivity contribution in [1.82, 2.24) is 10.6 Å². The number of nitrogens with one attached hydrogen (secondary N) is 2. The van der Waals surface area contributed by atoms with Crippen molar-refractivity contribution in [3.63, 3.8) is 0 Å². The molecular weight excluding hydrogens is 881 g/mol. The zero-order chi connectivity index (χ0) is 46.8. The number of thioether (sulfide) groups is 2. The summed E-state index contributed by atoms with van der Waals surface area (Å²) in [4.78, 5) is 42.5. The second kappa shape index (κ2) is 21.1. The Kier molecular flexibility index (Phi) is 14.2. The van der Waals surface area contributed by atoms with E-state index in [1.54, 1.807) is 0 Å². The molecule has 3 N–H and O–H groups in total. The van der Waals surface area contributed by atoms with Gasteiger partial charge in [-0.15, -0.1) is 23.5 Å². The van der Waals surface area contributed by atoms with Crippen molar-refractivity contribution in [2.45, 2.75) is 27.5 Å². The van der Waals surface area contributed by atoms with Crippen LogP contribution in [-0.4, -0.2) is 53.3 Å². The summed E-state index contributed by atoms with van der Waals surface area (Å²) >= 11 is 2.93. The summed E-state index contributed by atoms with van der Waals surface area (Å²) in [5.74, 6) is -2.01. The van der Waals surface area contributed by atoms with Gasteiger partial charge in [-0.2, -0.15) is 0 Å². The van der Waals surface area contributed by atoms with Gasteiger partial charge in [-0.05, 0) is 55.6 Å². The van der Waals surface area contributed by atoms with Gasteiger partial charge in [0.05, 0.1) is 9.49 Å². The molecule has 0 aromatic heterocycles. The Bertz CT molecular complexity index is 2700. The van der Waals surface area contributed by atoms with Crippen LogP contribution in [0, 0.1) is 0 Å². The Balaban J connectivity index is 1.04. The highest BCUT2D eigenvalue weighted by molar-refractivity contribution is 8.01. The number of rotatable bonds is 18. The van der Waals surface area contributed by atoms with Gasteiger partial charge in [-0.1, -0.05) is 231 Å². The molecule has 2 atom stereocenters. The minimum absolute atomic E-state index is 0.00739. The number of carbonyl (C=O) groups is 3. The van der Waals surface area contributed by atoms with E-state index in [0.29, 0.717) is 0 Å². The van der Waals surface area contributed by atoms with Crippen LogP contribution in [0.1, 0.15) is 50.4 Å². The number of amides is 2. The molecule has 8 aromatic carbocycles. The van der Waals surface area contributed by atoms with Crippen molar-refractivity contribution in [2.75, 3.05) is 18.1 Å². The van der Waals surface area contributed by atoms with Crippen LogP contribution in [0.5, 0.6) is 0 Å². The summed E-state index contributed by atoms with van der Waals surface area (Å²) in [6.45, 7) is 0.0399. The number of carbonyl (C=O) groups excluding carboxylic acids is 2. The second-order valence-corrected chi connectivity index (χ2v) is 19.1. The molecule has 8 aromatic rings. The molecule has 0 fully saturated rings. The summed E-state index contributed by atoms with van der Waals surface area (Å²) < 4.78 is 4.36. The maximum atomic E-state index is 15.0. The van der Waals surface area contributed by atoms with Gasteiger partial charge in [0.2, 0.25) is 5.91 Å². The average molecular weight is 931 g/mol. The van der Waals surface area contributed by atoms with Gasteiger partial charge in [0.1, 0.15) is 18.7 Å². The topological polar surface area (TPSA) is 105 Å². The van der Waals surface area contributed by atoms with Crippen LogP contribution in [0.25, 0.3) is 11.1 Å². The van der Waals surface area contributed by atoms with E-state index in [-0.39, 0.29) is 24.0 Å². The van der Waals surface area contributed by atoms with Gasteiger partial charge in [0.15, 0.2) is 0 Å². The van der Waals surface area contributed by atoms with Gasteiger partial charge in [0, 0.05) is 17.4 Å². The Hall–Kier alpha value is -7.33. The minimum atomic E-state index is -1.35. The second-order valence-electron chi connectivity index (χ2n) is 16.6. The lowest BCUT2D eigenvalue weighted by atomic mass is 9.84.